The first kappa shape index (κ1) is 20.1. The van der Waals surface area contributed by atoms with Crippen LogP contribution in [0.1, 0.15) is 62.4 Å². The molecule has 0 aromatic heterocycles. The Morgan fingerprint density at radius 3 is 2.43 bits per heavy atom. The molecule has 1 aliphatic heterocycles. The fraction of sp³-hybridized carbons (Fsp3) is 0.417. The van der Waals surface area contributed by atoms with Crippen molar-refractivity contribution < 1.29 is 9.59 Å². The van der Waals surface area contributed by atoms with Gasteiger partial charge in [0, 0.05) is 13.5 Å². The second kappa shape index (κ2) is 9.05. The van der Waals surface area contributed by atoms with Crippen molar-refractivity contribution in [3.8, 4) is 0 Å². The molecule has 148 valence electrons. The molecule has 0 saturated carbocycles. The summed E-state index contributed by atoms with van der Waals surface area (Å²) in [7, 11) is 0. The van der Waals surface area contributed by atoms with E-state index in [-0.39, 0.29) is 30.3 Å². The van der Waals surface area contributed by atoms with E-state index < -0.39 is 0 Å². The van der Waals surface area contributed by atoms with E-state index in [1.807, 2.05) is 41.3 Å². The number of carbonyl (C=O) groups is 2. The predicted molar refractivity (Wildman–Crippen MR) is 112 cm³/mol. The Morgan fingerprint density at radius 2 is 1.75 bits per heavy atom. The van der Waals surface area contributed by atoms with E-state index in [4.69, 9.17) is 0 Å². The summed E-state index contributed by atoms with van der Waals surface area (Å²) in [5.74, 6) is 0.478. The van der Waals surface area contributed by atoms with Crippen LogP contribution in [0.25, 0.3) is 0 Å². The SMILES string of the molecule is CC(=O)N1CCc2ccccc2C1CC(=O)NC(CC(C)C)c1ccccc1. The quantitative estimate of drug-likeness (QED) is 0.809. The van der Waals surface area contributed by atoms with Crippen molar-refractivity contribution in [1.82, 2.24) is 10.2 Å². The highest BCUT2D eigenvalue weighted by Crippen LogP contribution is 2.32. The summed E-state index contributed by atoms with van der Waals surface area (Å²) in [5.41, 5.74) is 3.45. The number of hydrogen-bond acceptors (Lipinski definition) is 2. The smallest absolute Gasteiger partial charge is 0.222 e. The van der Waals surface area contributed by atoms with Gasteiger partial charge in [0.15, 0.2) is 0 Å². The van der Waals surface area contributed by atoms with E-state index in [1.54, 1.807) is 6.92 Å². The molecule has 0 saturated heterocycles. The van der Waals surface area contributed by atoms with Gasteiger partial charge in [-0.2, -0.15) is 0 Å². The van der Waals surface area contributed by atoms with Gasteiger partial charge in [0.25, 0.3) is 0 Å². The summed E-state index contributed by atoms with van der Waals surface area (Å²) in [4.78, 5) is 27.0. The fourth-order valence-corrected chi connectivity index (χ4v) is 4.11. The fourth-order valence-electron chi connectivity index (χ4n) is 4.11. The minimum atomic E-state index is -0.196. The van der Waals surface area contributed by atoms with Gasteiger partial charge in [-0.3, -0.25) is 9.59 Å². The number of hydrogen-bond donors (Lipinski definition) is 1. The second-order valence-electron chi connectivity index (χ2n) is 8.04. The van der Waals surface area contributed by atoms with Crippen LogP contribution in [-0.2, 0) is 16.0 Å². The molecule has 2 amide bonds. The van der Waals surface area contributed by atoms with Crippen molar-refractivity contribution in [2.24, 2.45) is 5.92 Å². The van der Waals surface area contributed by atoms with Crippen molar-refractivity contribution in [3.05, 3.63) is 71.3 Å². The lowest BCUT2D eigenvalue weighted by Gasteiger charge is -2.37. The number of carbonyl (C=O) groups excluding carboxylic acids is 2. The molecule has 1 heterocycles. The van der Waals surface area contributed by atoms with Gasteiger partial charge in [0.1, 0.15) is 0 Å². The molecular weight excluding hydrogens is 348 g/mol. The normalized spacial score (nSPS) is 17.1. The molecule has 1 aliphatic rings. The summed E-state index contributed by atoms with van der Waals surface area (Å²) in [5, 5.41) is 3.23. The first-order valence-electron chi connectivity index (χ1n) is 10.1. The summed E-state index contributed by atoms with van der Waals surface area (Å²) < 4.78 is 0. The molecule has 0 spiro atoms. The van der Waals surface area contributed by atoms with E-state index in [1.165, 1.54) is 5.56 Å². The lowest BCUT2D eigenvalue weighted by molar-refractivity contribution is -0.133. The molecule has 3 rings (SSSR count). The van der Waals surface area contributed by atoms with Gasteiger partial charge in [0.05, 0.1) is 18.5 Å². The highest BCUT2D eigenvalue weighted by molar-refractivity contribution is 5.80. The third-order valence-corrected chi connectivity index (χ3v) is 5.44. The van der Waals surface area contributed by atoms with Crippen LogP contribution in [0.3, 0.4) is 0 Å². The maximum atomic E-state index is 13.0. The molecule has 2 aromatic carbocycles. The van der Waals surface area contributed by atoms with Gasteiger partial charge in [-0.15, -0.1) is 0 Å². The third kappa shape index (κ3) is 4.80. The monoisotopic (exact) mass is 378 g/mol. The Bertz CT molecular complexity index is 816. The first-order valence-corrected chi connectivity index (χ1v) is 10.1. The Labute approximate surface area is 167 Å². The predicted octanol–water partition coefficient (Wildman–Crippen LogP) is 4.43. The van der Waals surface area contributed by atoms with Crippen molar-refractivity contribution in [2.45, 2.75) is 52.1 Å². The largest absolute Gasteiger partial charge is 0.349 e. The number of rotatable bonds is 6. The highest BCUT2D eigenvalue weighted by Gasteiger charge is 2.31. The maximum Gasteiger partial charge on any atom is 0.222 e. The Hall–Kier alpha value is -2.62. The minimum Gasteiger partial charge on any atom is -0.349 e. The van der Waals surface area contributed by atoms with Gasteiger partial charge >= 0.3 is 0 Å². The molecule has 1 N–H and O–H groups in total. The van der Waals surface area contributed by atoms with Crippen molar-refractivity contribution in [1.29, 1.82) is 0 Å². The van der Waals surface area contributed by atoms with Crippen LogP contribution in [0.5, 0.6) is 0 Å². The summed E-state index contributed by atoms with van der Waals surface area (Å²) >= 11 is 0. The van der Waals surface area contributed by atoms with Crippen molar-refractivity contribution in [3.63, 3.8) is 0 Å². The third-order valence-electron chi connectivity index (χ3n) is 5.44. The van der Waals surface area contributed by atoms with Gasteiger partial charge < -0.3 is 10.2 Å². The van der Waals surface area contributed by atoms with E-state index in [2.05, 4.69) is 37.4 Å². The second-order valence-corrected chi connectivity index (χ2v) is 8.04. The average molecular weight is 379 g/mol. The van der Waals surface area contributed by atoms with Crippen molar-refractivity contribution >= 4 is 11.8 Å². The van der Waals surface area contributed by atoms with Crippen LogP contribution in [0, 0.1) is 5.92 Å². The number of nitrogens with zero attached hydrogens (tertiary/aromatic N) is 1. The molecule has 0 aliphatic carbocycles. The molecule has 0 radical (unpaired) electrons. The number of nitrogens with one attached hydrogen (secondary N) is 1. The van der Waals surface area contributed by atoms with E-state index >= 15 is 0 Å². The zero-order chi connectivity index (χ0) is 20.1. The summed E-state index contributed by atoms with van der Waals surface area (Å²) in [6.45, 7) is 6.58. The number of amides is 2. The molecule has 4 nitrogen and oxygen atoms in total. The molecule has 2 atom stereocenters. The lowest BCUT2D eigenvalue weighted by Crippen LogP contribution is -2.41. The Balaban J connectivity index is 1.78. The average Bonchev–Trinajstić information content (AvgIpc) is 2.68. The molecule has 28 heavy (non-hydrogen) atoms. The summed E-state index contributed by atoms with van der Waals surface area (Å²) in [6, 6.07) is 18.1. The molecule has 0 bridgehead atoms. The van der Waals surface area contributed by atoms with Crippen LogP contribution in [0.15, 0.2) is 54.6 Å². The van der Waals surface area contributed by atoms with Crippen LogP contribution in [0.4, 0.5) is 0 Å². The topological polar surface area (TPSA) is 49.4 Å². The van der Waals surface area contributed by atoms with Gasteiger partial charge in [-0.25, -0.2) is 0 Å². The van der Waals surface area contributed by atoms with Crippen LogP contribution in [-0.4, -0.2) is 23.3 Å². The zero-order valence-electron chi connectivity index (χ0n) is 17.0. The van der Waals surface area contributed by atoms with Crippen LogP contribution >= 0.6 is 0 Å². The van der Waals surface area contributed by atoms with Gasteiger partial charge in [-0.1, -0.05) is 68.4 Å². The first-order chi connectivity index (χ1) is 13.5. The van der Waals surface area contributed by atoms with Gasteiger partial charge in [0.2, 0.25) is 11.8 Å². The molecule has 2 unspecified atom stereocenters. The molecule has 4 heteroatoms. The molecule has 0 fully saturated rings. The summed E-state index contributed by atoms with van der Waals surface area (Å²) in [6.07, 6.45) is 2.01. The number of benzene rings is 2. The maximum absolute atomic E-state index is 13.0. The van der Waals surface area contributed by atoms with E-state index in [0.29, 0.717) is 12.5 Å². The zero-order valence-corrected chi connectivity index (χ0v) is 17.0. The van der Waals surface area contributed by atoms with Crippen LogP contribution < -0.4 is 5.32 Å². The minimum absolute atomic E-state index is 0.0116. The molecule has 2 aromatic rings. The molecular formula is C24H30N2O2. The number of fused-ring (bicyclic) bond motifs is 1. The Morgan fingerprint density at radius 1 is 1.07 bits per heavy atom. The van der Waals surface area contributed by atoms with Gasteiger partial charge in [-0.05, 0) is 35.4 Å². The highest BCUT2D eigenvalue weighted by atomic mass is 16.2. The Kier molecular flexibility index (Phi) is 6.50. The van der Waals surface area contributed by atoms with Crippen molar-refractivity contribution in [2.75, 3.05) is 6.54 Å². The van der Waals surface area contributed by atoms with Crippen LogP contribution in [0.2, 0.25) is 0 Å². The lowest BCUT2D eigenvalue weighted by atomic mass is 9.90. The van der Waals surface area contributed by atoms with E-state index in [0.717, 1.165) is 24.0 Å². The van der Waals surface area contributed by atoms with E-state index in [9.17, 15) is 9.59 Å². The standard InChI is InChI=1S/C24H30N2O2/c1-17(2)15-22(20-10-5-4-6-11-20)25-24(28)16-23-21-12-8-7-9-19(21)13-14-26(23)18(3)27/h4-12,17,22-23H,13-16H2,1-3H3,(H,25,28).